The molecule has 0 saturated carbocycles. The molecule has 2 rings (SSSR count). The molecule has 15 heavy (non-hydrogen) atoms. The molecule has 0 aliphatic carbocycles. The first kappa shape index (κ1) is 11.0. The average Bonchev–Trinajstić information content (AvgIpc) is 2.45. The molecule has 1 aromatic rings. The molecule has 4 heteroatoms. The predicted molar refractivity (Wildman–Crippen MR) is 62.3 cm³/mol. The van der Waals surface area contributed by atoms with Crippen molar-refractivity contribution in [1.82, 2.24) is 5.32 Å². The lowest BCUT2D eigenvalue weighted by Gasteiger charge is -2.33. The SMILES string of the molecule is Cc1cc(Br)oc1OC1(C)CCNCC1. The van der Waals surface area contributed by atoms with Crippen molar-refractivity contribution in [2.45, 2.75) is 32.3 Å². The van der Waals surface area contributed by atoms with E-state index in [1.807, 2.05) is 13.0 Å². The van der Waals surface area contributed by atoms with Gasteiger partial charge in [0.1, 0.15) is 5.60 Å². The summed E-state index contributed by atoms with van der Waals surface area (Å²) in [7, 11) is 0. The van der Waals surface area contributed by atoms with Gasteiger partial charge in [0.05, 0.1) is 0 Å². The molecule has 1 saturated heterocycles. The highest BCUT2D eigenvalue weighted by atomic mass is 79.9. The van der Waals surface area contributed by atoms with Crippen molar-refractivity contribution < 1.29 is 9.15 Å². The van der Waals surface area contributed by atoms with Crippen LogP contribution in [0, 0.1) is 6.92 Å². The summed E-state index contributed by atoms with van der Waals surface area (Å²) < 4.78 is 12.1. The molecule has 0 amide bonds. The van der Waals surface area contributed by atoms with E-state index in [0.29, 0.717) is 5.95 Å². The third-order valence-electron chi connectivity index (χ3n) is 2.84. The number of aryl methyl sites for hydroxylation is 1. The maximum atomic E-state index is 5.96. The molecular formula is C11H16BrNO2. The van der Waals surface area contributed by atoms with Gasteiger partial charge in [-0.1, -0.05) is 0 Å². The number of rotatable bonds is 2. The van der Waals surface area contributed by atoms with Crippen LogP contribution in [-0.2, 0) is 0 Å². The zero-order valence-electron chi connectivity index (χ0n) is 9.10. The maximum Gasteiger partial charge on any atom is 0.288 e. The number of ether oxygens (including phenoxy) is 1. The van der Waals surface area contributed by atoms with Gasteiger partial charge >= 0.3 is 0 Å². The van der Waals surface area contributed by atoms with Gasteiger partial charge in [-0.25, -0.2) is 0 Å². The Morgan fingerprint density at radius 2 is 2.13 bits per heavy atom. The zero-order valence-corrected chi connectivity index (χ0v) is 10.7. The molecule has 0 bridgehead atoms. The summed E-state index contributed by atoms with van der Waals surface area (Å²) in [5.74, 6) is 0.645. The van der Waals surface area contributed by atoms with Gasteiger partial charge in [-0.05, 0) is 61.8 Å². The monoisotopic (exact) mass is 273 g/mol. The largest absolute Gasteiger partial charge is 0.459 e. The molecule has 1 aliphatic rings. The maximum absolute atomic E-state index is 5.96. The standard InChI is InChI=1S/C11H16BrNO2/c1-8-7-9(12)14-10(8)15-11(2)3-5-13-6-4-11/h7,13H,3-6H2,1-2H3. The Kier molecular flexibility index (Phi) is 3.07. The van der Waals surface area contributed by atoms with Crippen molar-refractivity contribution in [2.24, 2.45) is 0 Å². The molecular weight excluding hydrogens is 258 g/mol. The molecule has 1 fully saturated rings. The molecule has 1 aromatic heterocycles. The lowest BCUT2D eigenvalue weighted by atomic mass is 9.95. The Morgan fingerprint density at radius 1 is 1.47 bits per heavy atom. The van der Waals surface area contributed by atoms with E-state index in [-0.39, 0.29) is 5.60 Å². The summed E-state index contributed by atoms with van der Waals surface area (Å²) in [6.45, 7) is 6.16. The van der Waals surface area contributed by atoms with Crippen LogP contribution >= 0.6 is 15.9 Å². The van der Waals surface area contributed by atoms with Crippen molar-refractivity contribution in [3.63, 3.8) is 0 Å². The van der Waals surface area contributed by atoms with Gasteiger partial charge in [-0.2, -0.15) is 0 Å². The second-order valence-electron chi connectivity index (χ2n) is 4.32. The van der Waals surface area contributed by atoms with Gasteiger partial charge in [0.15, 0.2) is 4.67 Å². The lowest BCUT2D eigenvalue weighted by molar-refractivity contribution is 0.0301. The van der Waals surface area contributed by atoms with Gasteiger partial charge in [-0.3, -0.25) is 0 Å². The number of piperidine rings is 1. The first-order valence-electron chi connectivity index (χ1n) is 5.25. The molecule has 0 unspecified atom stereocenters. The van der Waals surface area contributed by atoms with Crippen LogP contribution in [0.3, 0.4) is 0 Å². The molecule has 2 heterocycles. The minimum absolute atomic E-state index is 0.0900. The highest BCUT2D eigenvalue weighted by Crippen LogP contribution is 2.32. The molecule has 84 valence electrons. The van der Waals surface area contributed by atoms with E-state index in [1.165, 1.54) is 0 Å². The summed E-state index contributed by atoms with van der Waals surface area (Å²) in [6.07, 6.45) is 2.04. The summed E-state index contributed by atoms with van der Waals surface area (Å²) in [5, 5.41) is 3.33. The Hall–Kier alpha value is -0.480. The van der Waals surface area contributed by atoms with Crippen molar-refractivity contribution in [2.75, 3.05) is 13.1 Å². The van der Waals surface area contributed by atoms with Crippen LogP contribution in [0.2, 0.25) is 0 Å². The topological polar surface area (TPSA) is 34.4 Å². The van der Waals surface area contributed by atoms with Crippen LogP contribution < -0.4 is 10.1 Å². The molecule has 0 aromatic carbocycles. The van der Waals surface area contributed by atoms with Crippen LogP contribution in [0.25, 0.3) is 0 Å². The van der Waals surface area contributed by atoms with Crippen LogP contribution in [-0.4, -0.2) is 18.7 Å². The second-order valence-corrected chi connectivity index (χ2v) is 5.10. The number of halogens is 1. The van der Waals surface area contributed by atoms with Gasteiger partial charge in [0, 0.05) is 5.56 Å². The highest BCUT2D eigenvalue weighted by molar-refractivity contribution is 9.10. The van der Waals surface area contributed by atoms with Gasteiger partial charge < -0.3 is 14.5 Å². The first-order valence-corrected chi connectivity index (χ1v) is 6.04. The van der Waals surface area contributed by atoms with Crippen LogP contribution in [0.1, 0.15) is 25.3 Å². The van der Waals surface area contributed by atoms with Crippen LogP contribution in [0.5, 0.6) is 5.95 Å². The molecule has 1 N–H and O–H groups in total. The van der Waals surface area contributed by atoms with Gasteiger partial charge in [0.25, 0.3) is 5.95 Å². The van der Waals surface area contributed by atoms with Gasteiger partial charge in [-0.15, -0.1) is 0 Å². The number of furan rings is 1. The Morgan fingerprint density at radius 3 is 2.67 bits per heavy atom. The minimum Gasteiger partial charge on any atom is -0.459 e. The normalized spacial score (nSPS) is 20.2. The molecule has 1 aliphatic heterocycles. The van der Waals surface area contributed by atoms with E-state index in [2.05, 4.69) is 28.2 Å². The highest BCUT2D eigenvalue weighted by Gasteiger charge is 2.30. The van der Waals surface area contributed by atoms with E-state index < -0.39 is 0 Å². The van der Waals surface area contributed by atoms with E-state index >= 15 is 0 Å². The second kappa shape index (κ2) is 4.18. The number of nitrogens with one attached hydrogen (secondary N) is 1. The number of hydrogen-bond donors (Lipinski definition) is 1. The van der Waals surface area contributed by atoms with Gasteiger partial charge in [0.2, 0.25) is 0 Å². The fourth-order valence-corrected chi connectivity index (χ4v) is 2.30. The van der Waals surface area contributed by atoms with E-state index in [9.17, 15) is 0 Å². The fraction of sp³-hybridized carbons (Fsp3) is 0.636. The van der Waals surface area contributed by atoms with Crippen molar-refractivity contribution >= 4 is 15.9 Å². The zero-order chi connectivity index (χ0) is 10.9. The summed E-state index contributed by atoms with van der Waals surface area (Å²) >= 11 is 3.31. The van der Waals surface area contributed by atoms with E-state index in [1.54, 1.807) is 0 Å². The molecule has 0 spiro atoms. The van der Waals surface area contributed by atoms with Crippen LogP contribution in [0.15, 0.2) is 15.2 Å². The predicted octanol–water partition coefficient (Wildman–Crippen LogP) is 2.87. The fourth-order valence-electron chi connectivity index (χ4n) is 1.81. The van der Waals surface area contributed by atoms with E-state index in [0.717, 1.165) is 36.2 Å². The Labute approximate surface area is 98.3 Å². The minimum atomic E-state index is -0.0900. The average molecular weight is 274 g/mol. The van der Waals surface area contributed by atoms with Crippen molar-refractivity contribution in [3.8, 4) is 5.95 Å². The summed E-state index contributed by atoms with van der Waals surface area (Å²) in [5.41, 5.74) is 0.953. The Balaban J connectivity index is 2.09. The number of hydrogen-bond acceptors (Lipinski definition) is 3. The van der Waals surface area contributed by atoms with Crippen LogP contribution in [0.4, 0.5) is 0 Å². The first-order chi connectivity index (χ1) is 7.09. The van der Waals surface area contributed by atoms with Crippen molar-refractivity contribution in [1.29, 1.82) is 0 Å². The third-order valence-corrected chi connectivity index (χ3v) is 3.23. The quantitative estimate of drug-likeness (QED) is 0.900. The van der Waals surface area contributed by atoms with E-state index in [4.69, 9.17) is 9.15 Å². The third kappa shape index (κ3) is 2.55. The summed E-state index contributed by atoms with van der Waals surface area (Å²) in [4.78, 5) is 0. The molecule has 0 atom stereocenters. The summed E-state index contributed by atoms with van der Waals surface area (Å²) in [6, 6.07) is 1.93. The van der Waals surface area contributed by atoms with Crippen molar-refractivity contribution in [3.05, 3.63) is 16.3 Å². The lowest BCUT2D eigenvalue weighted by Crippen LogP contribution is -2.43. The molecule has 0 radical (unpaired) electrons. The molecule has 3 nitrogen and oxygen atoms in total. The smallest absolute Gasteiger partial charge is 0.288 e. The Bertz CT molecular complexity index is 342.